The van der Waals surface area contributed by atoms with Gasteiger partial charge in [0.2, 0.25) is 0 Å². The largest absolute Gasteiger partial charge is 0.481 e. The van der Waals surface area contributed by atoms with E-state index in [2.05, 4.69) is 52.0 Å². The van der Waals surface area contributed by atoms with Crippen LogP contribution in [0.4, 0.5) is 0 Å². The Morgan fingerprint density at radius 1 is 1.14 bits per heavy atom. The van der Waals surface area contributed by atoms with Crippen LogP contribution < -0.4 is 0 Å². The molecule has 0 aliphatic heterocycles. The van der Waals surface area contributed by atoms with Gasteiger partial charge in [0.1, 0.15) is 0 Å². The molecule has 1 rings (SSSR count). The summed E-state index contributed by atoms with van der Waals surface area (Å²) in [6.45, 7) is 8.83. The molecule has 0 heterocycles. The van der Waals surface area contributed by atoms with Gasteiger partial charge in [-0.2, -0.15) is 0 Å². The molecule has 0 aromatic carbocycles. The fourth-order valence-corrected chi connectivity index (χ4v) is 3.00. The summed E-state index contributed by atoms with van der Waals surface area (Å²) in [6.07, 6.45) is 14.9. The maximum atomic E-state index is 11.0. The van der Waals surface area contributed by atoms with Gasteiger partial charge < -0.3 is 5.11 Å². The SMILES string of the molecule is CC(/C=C/C=C(\C)C1CCC(C(=O)O)CC1)=C\CCC(C)C. The molecule has 1 saturated carbocycles. The van der Waals surface area contributed by atoms with E-state index >= 15 is 0 Å². The minimum Gasteiger partial charge on any atom is -0.481 e. The van der Waals surface area contributed by atoms with Crippen molar-refractivity contribution in [2.24, 2.45) is 17.8 Å². The van der Waals surface area contributed by atoms with Crippen LogP contribution in [0.1, 0.15) is 66.2 Å². The van der Waals surface area contributed by atoms with Gasteiger partial charge in [-0.25, -0.2) is 0 Å². The Morgan fingerprint density at radius 3 is 2.27 bits per heavy atom. The molecule has 0 radical (unpaired) electrons. The molecule has 124 valence electrons. The monoisotopic (exact) mass is 304 g/mol. The highest BCUT2D eigenvalue weighted by molar-refractivity contribution is 5.70. The number of carboxylic acid groups (broad SMARTS) is 1. The second-order valence-electron chi connectivity index (χ2n) is 7.08. The van der Waals surface area contributed by atoms with Crippen molar-refractivity contribution in [2.75, 3.05) is 0 Å². The van der Waals surface area contributed by atoms with Gasteiger partial charge in [-0.15, -0.1) is 0 Å². The molecule has 1 aliphatic rings. The summed E-state index contributed by atoms with van der Waals surface area (Å²) in [7, 11) is 0. The Kier molecular flexibility index (Phi) is 8.22. The van der Waals surface area contributed by atoms with Gasteiger partial charge in [0.25, 0.3) is 0 Å². The maximum absolute atomic E-state index is 11.0. The van der Waals surface area contributed by atoms with Gasteiger partial charge in [0, 0.05) is 0 Å². The Hall–Kier alpha value is -1.31. The van der Waals surface area contributed by atoms with Gasteiger partial charge in [-0.3, -0.25) is 4.79 Å². The van der Waals surface area contributed by atoms with Crippen LogP contribution in [-0.2, 0) is 4.79 Å². The van der Waals surface area contributed by atoms with Crippen LogP contribution in [0.5, 0.6) is 0 Å². The third kappa shape index (κ3) is 7.11. The zero-order valence-corrected chi connectivity index (χ0v) is 14.6. The number of allylic oxidation sites excluding steroid dienone is 6. The van der Waals surface area contributed by atoms with Crippen molar-refractivity contribution in [3.8, 4) is 0 Å². The van der Waals surface area contributed by atoms with Crippen LogP contribution in [0, 0.1) is 17.8 Å². The van der Waals surface area contributed by atoms with Crippen molar-refractivity contribution in [3.63, 3.8) is 0 Å². The van der Waals surface area contributed by atoms with Gasteiger partial charge >= 0.3 is 5.97 Å². The summed E-state index contributed by atoms with van der Waals surface area (Å²) in [6, 6.07) is 0. The van der Waals surface area contributed by atoms with E-state index in [9.17, 15) is 4.79 Å². The number of hydrogen-bond acceptors (Lipinski definition) is 1. The summed E-state index contributed by atoms with van der Waals surface area (Å²) < 4.78 is 0. The summed E-state index contributed by atoms with van der Waals surface area (Å²) in [5.41, 5.74) is 2.70. The van der Waals surface area contributed by atoms with Crippen molar-refractivity contribution in [1.29, 1.82) is 0 Å². The highest BCUT2D eigenvalue weighted by atomic mass is 16.4. The molecule has 0 aromatic rings. The fourth-order valence-electron chi connectivity index (χ4n) is 3.00. The first kappa shape index (κ1) is 18.7. The highest BCUT2D eigenvalue weighted by Gasteiger charge is 2.26. The number of aliphatic carboxylic acids is 1. The molecule has 1 fully saturated rings. The molecule has 2 nitrogen and oxygen atoms in total. The predicted molar refractivity (Wildman–Crippen MR) is 93.8 cm³/mol. The molecule has 0 saturated heterocycles. The smallest absolute Gasteiger partial charge is 0.306 e. The van der Waals surface area contributed by atoms with Crippen molar-refractivity contribution in [1.82, 2.24) is 0 Å². The van der Waals surface area contributed by atoms with E-state index in [1.165, 1.54) is 17.6 Å². The summed E-state index contributed by atoms with van der Waals surface area (Å²) in [4.78, 5) is 11.0. The van der Waals surface area contributed by atoms with Crippen LogP contribution in [0.25, 0.3) is 0 Å². The lowest BCUT2D eigenvalue weighted by Crippen LogP contribution is -2.21. The zero-order valence-electron chi connectivity index (χ0n) is 14.6. The molecular weight excluding hydrogens is 272 g/mol. The Balaban J connectivity index is 2.42. The van der Waals surface area contributed by atoms with E-state index in [1.807, 2.05) is 0 Å². The van der Waals surface area contributed by atoms with E-state index in [1.54, 1.807) is 0 Å². The van der Waals surface area contributed by atoms with Gasteiger partial charge in [-0.1, -0.05) is 49.3 Å². The van der Waals surface area contributed by atoms with E-state index in [0.717, 1.165) is 38.0 Å². The molecule has 0 atom stereocenters. The van der Waals surface area contributed by atoms with Crippen LogP contribution in [0.15, 0.2) is 35.5 Å². The van der Waals surface area contributed by atoms with Gasteiger partial charge in [0.15, 0.2) is 0 Å². The number of carbonyl (C=O) groups is 1. The molecule has 0 unspecified atom stereocenters. The molecule has 0 amide bonds. The average molecular weight is 304 g/mol. The van der Waals surface area contributed by atoms with E-state index in [-0.39, 0.29) is 5.92 Å². The minimum absolute atomic E-state index is 0.120. The van der Waals surface area contributed by atoms with Crippen LogP contribution in [0.3, 0.4) is 0 Å². The average Bonchev–Trinajstić information content (AvgIpc) is 2.46. The van der Waals surface area contributed by atoms with Crippen molar-refractivity contribution in [3.05, 3.63) is 35.5 Å². The third-order valence-electron chi connectivity index (χ3n) is 4.65. The van der Waals surface area contributed by atoms with E-state index in [0.29, 0.717) is 5.92 Å². The van der Waals surface area contributed by atoms with Crippen LogP contribution in [0.2, 0.25) is 0 Å². The van der Waals surface area contributed by atoms with Gasteiger partial charge in [-0.05, 0) is 64.2 Å². The Morgan fingerprint density at radius 2 is 1.73 bits per heavy atom. The lowest BCUT2D eigenvalue weighted by atomic mass is 9.79. The lowest BCUT2D eigenvalue weighted by Gasteiger charge is -2.26. The molecule has 1 N–H and O–H groups in total. The second kappa shape index (κ2) is 9.66. The number of hydrogen-bond donors (Lipinski definition) is 1. The maximum Gasteiger partial charge on any atom is 0.306 e. The molecule has 0 spiro atoms. The summed E-state index contributed by atoms with van der Waals surface area (Å²) >= 11 is 0. The second-order valence-corrected chi connectivity index (χ2v) is 7.08. The molecule has 1 aliphatic carbocycles. The minimum atomic E-state index is -0.623. The van der Waals surface area contributed by atoms with E-state index < -0.39 is 5.97 Å². The first-order valence-corrected chi connectivity index (χ1v) is 8.64. The lowest BCUT2D eigenvalue weighted by molar-refractivity contribution is -0.143. The van der Waals surface area contributed by atoms with Gasteiger partial charge in [0.05, 0.1) is 5.92 Å². The van der Waals surface area contributed by atoms with Crippen molar-refractivity contribution < 1.29 is 9.90 Å². The predicted octanol–water partition coefficient (Wildman–Crippen LogP) is 5.76. The Bertz CT molecular complexity index is 433. The summed E-state index contributed by atoms with van der Waals surface area (Å²) in [5, 5.41) is 9.04. The molecule has 0 bridgehead atoms. The van der Waals surface area contributed by atoms with Crippen molar-refractivity contribution >= 4 is 5.97 Å². The number of carboxylic acids is 1. The normalized spacial score (nSPS) is 24.2. The van der Waals surface area contributed by atoms with Crippen LogP contribution in [-0.4, -0.2) is 11.1 Å². The fraction of sp³-hybridized carbons (Fsp3) is 0.650. The standard InChI is InChI=1S/C20H32O2/c1-15(2)7-5-8-16(3)9-6-10-17(4)18-11-13-19(14-12-18)20(21)22/h6,8-10,15,18-19H,5,7,11-14H2,1-4H3,(H,21,22)/b9-6+,16-8+,17-10+. The number of rotatable bonds is 7. The highest BCUT2D eigenvalue weighted by Crippen LogP contribution is 2.33. The summed E-state index contributed by atoms with van der Waals surface area (Å²) in [5.74, 6) is 0.578. The molecule has 0 aromatic heterocycles. The zero-order chi connectivity index (χ0) is 16.5. The van der Waals surface area contributed by atoms with Crippen LogP contribution >= 0.6 is 0 Å². The topological polar surface area (TPSA) is 37.3 Å². The van der Waals surface area contributed by atoms with E-state index in [4.69, 9.17) is 5.11 Å². The first-order chi connectivity index (χ1) is 10.4. The quantitative estimate of drug-likeness (QED) is 0.607. The molecular formula is C20H32O2. The Labute approximate surface area is 136 Å². The molecule has 22 heavy (non-hydrogen) atoms. The first-order valence-electron chi connectivity index (χ1n) is 8.64. The molecule has 2 heteroatoms. The third-order valence-corrected chi connectivity index (χ3v) is 4.65. The van der Waals surface area contributed by atoms with Crippen molar-refractivity contribution in [2.45, 2.75) is 66.2 Å².